The smallest absolute Gasteiger partial charge is 0.334 e. The normalized spacial score (nSPS) is 15.9. The predicted octanol–water partition coefficient (Wildman–Crippen LogP) is 0.00160. The Morgan fingerprint density at radius 2 is 1.02 bits per heavy atom. The minimum atomic E-state index is -1.43. The van der Waals surface area contributed by atoms with Gasteiger partial charge in [-0.05, 0) is 49.9 Å². The number of nitrogens with zero attached hydrogens (tertiary/aromatic N) is 14. The van der Waals surface area contributed by atoms with E-state index in [0.29, 0.717) is 55.9 Å². The number of piperazine rings is 1. The lowest BCUT2D eigenvalue weighted by molar-refractivity contribution is -0.142. The summed E-state index contributed by atoms with van der Waals surface area (Å²) in [5.74, 6) is -8.19. The maximum atomic E-state index is 12.4. The zero-order valence-corrected chi connectivity index (χ0v) is 54.0. The Morgan fingerprint density at radius 3 is 1.57 bits per heavy atom. The first kappa shape index (κ1) is 76.3. The van der Waals surface area contributed by atoms with Gasteiger partial charge in [-0.15, -0.1) is 0 Å². The van der Waals surface area contributed by atoms with Crippen LogP contribution in [0.3, 0.4) is 0 Å². The molecule has 0 spiro atoms. The highest BCUT2D eigenvalue weighted by molar-refractivity contribution is 5.85. The Morgan fingerprint density at radius 1 is 0.515 bits per heavy atom. The van der Waals surface area contributed by atoms with Gasteiger partial charge in [0, 0.05) is 121 Å². The lowest BCUT2D eigenvalue weighted by Gasteiger charge is -2.37. The Hall–Kier alpha value is -9.69. The van der Waals surface area contributed by atoms with Gasteiger partial charge in [0.15, 0.2) is 0 Å². The molecule has 2 aliphatic heterocycles. The van der Waals surface area contributed by atoms with Crippen LogP contribution in [-0.2, 0) is 75.8 Å². The average molecular weight is 1360 g/mol. The van der Waals surface area contributed by atoms with Crippen molar-refractivity contribution < 1.29 is 88.8 Å². The van der Waals surface area contributed by atoms with Crippen LogP contribution in [0.25, 0.3) is 0 Å². The van der Waals surface area contributed by atoms with Crippen molar-refractivity contribution >= 4 is 83.2 Å². The fraction of sp³-hybridized carbons (Fsp3) is 0.583. The van der Waals surface area contributed by atoms with E-state index in [4.69, 9.17) is 20.1 Å². The van der Waals surface area contributed by atoms with Crippen molar-refractivity contribution in [2.24, 2.45) is 0 Å². The third kappa shape index (κ3) is 29.1. The van der Waals surface area contributed by atoms with E-state index in [0.717, 1.165) is 57.1 Å². The number of urea groups is 1. The molecule has 5 heterocycles. The van der Waals surface area contributed by atoms with E-state index in [-0.39, 0.29) is 123 Å². The average Bonchev–Trinajstić information content (AvgIpc) is 1.06. The van der Waals surface area contributed by atoms with Crippen molar-refractivity contribution in [2.75, 3.05) is 127 Å². The molecule has 2 saturated heterocycles. The Kier molecular flexibility index (Phi) is 31.5. The van der Waals surface area contributed by atoms with E-state index in [9.17, 15) is 83.7 Å². The fourth-order valence-electron chi connectivity index (χ4n) is 11.2. The van der Waals surface area contributed by atoms with Crippen LogP contribution in [0.15, 0.2) is 49.1 Å². The van der Waals surface area contributed by atoms with Crippen molar-refractivity contribution in [3.63, 3.8) is 0 Å². The van der Waals surface area contributed by atoms with E-state index < -0.39 is 91.3 Å². The summed E-state index contributed by atoms with van der Waals surface area (Å²) < 4.78 is 2.97. The summed E-state index contributed by atoms with van der Waals surface area (Å²) in [5.41, 5.74) is 5.62. The quantitative estimate of drug-likeness (QED) is 0.0158. The van der Waals surface area contributed by atoms with Crippen LogP contribution in [0.1, 0.15) is 87.8 Å². The van der Waals surface area contributed by atoms with E-state index in [1.54, 1.807) is 44.1 Å². The number of hydrogen-bond acceptors (Lipinski definition) is 24. The second-order valence-corrected chi connectivity index (χ2v) is 23.7. The summed E-state index contributed by atoms with van der Waals surface area (Å²) in [5, 5.41) is 85.5. The molecule has 13 N–H and O–H groups in total. The molecule has 3 amide bonds. The standard InChI is InChI=1S/C60H89N19O18/c80-48(69-70-60(97)65-45(56(95)96)14-15-49(81)82)9-7-5-3-1-2-4-6-8-18-71-25-28-76(29-26-71)59-67-57(63-41-75(33-46-61-16-19-78(46)39-54(91)92)34-47-62-17-20-79(47)40-55(93)94)66-58(68-59)64-43-12-10-42(11-13-43)31-44-32-74(37-52(87)88)24-23-72(35-50(83)84)21-22-73(36-51(85)86)27-30-77(44)38-53(89)90/h10-13,16-17,19-20,44-45H,1-9,14-15,18,21-41H2,(H,69,80)(H,81,82)(H,83,84)(H,85,86)(H,87,88)(H,89,90)(H,91,92)(H,93,94)(H,95,96)(H2,65,70,97)(H2,63,64,66,67,68)/t44?,45-/m0/s1. The van der Waals surface area contributed by atoms with Gasteiger partial charge in [-0.1, -0.05) is 50.7 Å². The maximum Gasteiger partial charge on any atom is 0.334 e. The lowest BCUT2D eigenvalue weighted by atomic mass is 10.0. The number of hydrazine groups is 1. The Bertz CT molecular complexity index is 3180. The molecule has 2 aliphatic rings. The molecular formula is C60H89N19O18. The number of hydrogen-bond donors (Lipinski definition) is 13. The molecule has 2 fully saturated rings. The molecule has 4 aromatic rings. The predicted molar refractivity (Wildman–Crippen MR) is 344 cm³/mol. The number of carbonyl (C=O) groups is 10. The molecule has 2 atom stereocenters. The first-order chi connectivity index (χ1) is 46.4. The zero-order valence-electron chi connectivity index (χ0n) is 54.0. The molecular weight excluding hydrogens is 1270 g/mol. The topological polar surface area (TPSA) is 490 Å². The summed E-state index contributed by atoms with van der Waals surface area (Å²) in [6.45, 7) is 2.37. The molecule has 0 radical (unpaired) electrons. The van der Waals surface area contributed by atoms with E-state index >= 15 is 0 Å². The van der Waals surface area contributed by atoms with Gasteiger partial charge in [0.25, 0.3) is 0 Å². The number of nitrogens with one attached hydrogen (secondary N) is 5. The molecule has 37 heteroatoms. The SMILES string of the molecule is O=C(O)CC[C@H](NC(=O)NNC(=O)CCCCCCCCCCN1CCN(c2nc(NCN(Cc3nccn3CC(=O)O)Cc3nccn3CC(=O)O)nc(Nc3ccc(CC4CN(CC(=O)O)CCN(CC(=O)O)CCN(CC(=O)O)CCN4CC(=O)O)cc3)n2)CC1)C(=O)O. The van der Waals surface area contributed by atoms with Crippen molar-refractivity contribution in [1.82, 2.24) is 79.6 Å². The number of carboxylic acid groups (broad SMARTS) is 8. The van der Waals surface area contributed by atoms with Gasteiger partial charge in [-0.25, -0.2) is 25.0 Å². The molecule has 6 rings (SSSR count). The minimum absolute atomic E-state index is 0.0360. The Labute approximate surface area is 558 Å². The Balaban J connectivity index is 1.12. The third-order valence-electron chi connectivity index (χ3n) is 16.1. The molecule has 3 aromatic heterocycles. The van der Waals surface area contributed by atoms with Crippen LogP contribution in [0, 0.1) is 0 Å². The second-order valence-electron chi connectivity index (χ2n) is 23.7. The number of imidazole rings is 2. The number of carboxylic acids is 8. The third-order valence-corrected chi connectivity index (χ3v) is 16.1. The summed E-state index contributed by atoms with van der Waals surface area (Å²) in [6.07, 6.45) is 13.0. The number of anilines is 4. The summed E-state index contributed by atoms with van der Waals surface area (Å²) in [7, 11) is 0. The first-order valence-electron chi connectivity index (χ1n) is 32.0. The van der Waals surface area contributed by atoms with E-state index in [1.807, 2.05) is 21.9 Å². The van der Waals surface area contributed by atoms with Gasteiger partial charge < -0.3 is 70.8 Å². The highest BCUT2D eigenvalue weighted by atomic mass is 16.4. The van der Waals surface area contributed by atoms with Crippen LogP contribution in [0.2, 0.25) is 0 Å². The molecule has 97 heavy (non-hydrogen) atoms. The summed E-state index contributed by atoms with van der Waals surface area (Å²) >= 11 is 0. The molecule has 0 aliphatic carbocycles. The zero-order chi connectivity index (χ0) is 70.2. The minimum Gasteiger partial charge on any atom is -0.481 e. The molecule has 37 nitrogen and oxygen atoms in total. The number of amides is 3. The molecule has 0 bridgehead atoms. The monoisotopic (exact) mass is 1360 g/mol. The van der Waals surface area contributed by atoms with Crippen LogP contribution >= 0.6 is 0 Å². The number of aromatic nitrogens is 7. The van der Waals surface area contributed by atoms with E-state index in [1.165, 1.54) is 21.5 Å². The van der Waals surface area contributed by atoms with Crippen LogP contribution in [0.4, 0.5) is 28.3 Å². The van der Waals surface area contributed by atoms with Crippen LogP contribution in [-0.4, -0.2) is 287 Å². The number of carbonyl (C=O) groups excluding carboxylic acids is 2. The molecule has 1 aromatic carbocycles. The van der Waals surface area contributed by atoms with Crippen molar-refractivity contribution in [3.05, 3.63) is 66.3 Å². The van der Waals surface area contributed by atoms with Gasteiger partial charge in [0.1, 0.15) is 30.8 Å². The van der Waals surface area contributed by atoms with Gasteiger partial charge in [-0.2, -0.15) is 15.0 Å². The number of rotatable bonds is 40. The van der Waals surface area contributed by atoms with Gasteiger partial charge in [-0.3, -0.25) is 73.2 Å². The summed E-state index contributed by atoms with van der Waals surface area (Å²) in [6, 6.07) is 4.21. The molecule has 532 valence electrons. The van der Waals surface area contributed by atoms with Crippen molar-refractivity contribution in [1.29, 1.82) is 0 Å². The number of unbranched alkanes of at least 4 members (excludes halogenated alkanes) is 7. The first-order valence-corrected chi connectivity index (χ1v) is 32.0. The second kappa shape index (κ2) is 40.0. The summed E-state index contributed by atoms with van der Waals surface area (Å²) in [4.78, 5) is 154. The van der Waals surface area contributed by atoms with Crippen molar-refractivity contribution in [2.45, 2.75) is 115 Å². The van der Waals surface area contributed by atoms with Crippen molar-refractivity contribution in [3.8, 4) is 0 Å². The van der Waals surface area contributed by atoms with Gasteiger partial charge in [0.05, 0.1) is 45.9 Å². The maximum absolute atomic E-state index is 12.4. The lowest BCUT2D eigenvalue weighted by Crippen LogP contribution is -2.53. The fourth-order valence-corrected chi connectivity index (χ4v) is 11.2. The highest BCUT2D eigenvalue weighted by Gasteiger charge is 2.29. The van der Waals surface area contributed by atoms with Gasteiger partial charge >= 0.3 is 53.8 Å². The van der Waals surface area contributed by atoms with Gasteiger partial charge in [0.2, 0.25) is 23.8 Å². The number of benzene rings is 1. The van der Waals surface area contributed by atoms with Crippen LogP contribution < -0.4 is 31.7 Å². The largest absolute Gasteiger partial charge is 0.481 e. The van der Waals surface area contributed by atoms with Crippen LogP contribution in [0.5, 0.6) is 0 Å². The highest BCUT2D eigenvalue weighted by Crippen LogP contribution is 2.23. The molecule has 1 unspecified atom stereocenters. The van der Waals surface area contributed by atoms with E-state index in [2.05, 4.69) is 41.7 Å². The molecule has 0 saturated carbocycles. The number of aliphatic carboxylic acids is 8.